The summed E-state index contributed by atoms with van der Waals surface area (Å²) in [5.41, 5.74) is 0.891. The molecule has 1 nitrogen and oxygen atoms in total. The third kappa shape index (κ3) is 5.59. The Balaban J connectivity index is 2.65. The van der Waals surface area contributed by atoms with Crippen LogP contribution in [0.1, 0.15) is 25.8 Å². The summed E-state index contributed by atoms with van der Waals surface area (Å²) in [6, 6.07) is 4.94. The number of halogens is 2. The monoisotopic (exact) mass is 289 g/mol. The molecule has 0 aliphatic heterocycles. The Kier molecular flexibility index (Phi) is 7.71. The molecular formula is C14H21ClFNS. The number of benzene rings is 1. The molecule has 0 radical (unpaired) electrons. The molecule has 0 saturated heterocycles. The van der Waals surface area contributed by atoms with Crippen LogP contribution in [-0.4, -0.2) is 24.1 Å². The highest BCUT2D eigenvalue weighted by Gasteiger charge is 2.11. The largest absolute Gasteiger partial charge is 0.313 e. The molecule has 0 aromatic heterocycles. The number of thioether (sulfide) groups is 1. The maximum atomic E-state index is 13.2. The molecule has 0 bridgehead atoms. The second-order valence-electron chi connectivity index (χ2n) is 4.25. The lowest BCUT2D eigenvalue weighted by Crippen LogP contribution is -2.34. The van der Waals surface area contributed by atoms with E-state index in [1.54, 1.807) is 12.1 Å². The number of nitrogens with one attached hydrogen (secondary N) is 1. The van der Waals surface area contributed by atoms with E-state index in [4.69, 9.17) is 11.6 Å². The van der Waals surface area contributed by atoms with Gasteiger partial charge in [-0.15, -0.1) is 0 Å². The molecule has 4 heteroatoms. The lowest BCUT2D eigenvalue weighted by molar-refractivity contribution is 0.547. The molecule has 18 heavy (non-hydrogen) atoms. The molecule has 102 valence electrons. The minimum Gasteiger partial charge on any atom is -0.313 e. The van der Waals surface area contributed by atoms with Crippen LogP contribution in [0.4, 0.5) is 4.39 Å². The molecule has 0 saturated carbocycles. The van der Waals surface area contributed by atoms with Crippen molar-refractivity contribution in [1.82, 2.24) is 5.32 Å². The lowest BCUT2D eigenvalue weighted by atomic mass is 10.1. The fraction of sp³-hybridized carbons (Fsp3) is 0.571. The molecule has 0 heterocycles. The zero-order valence-electron chi connectivity index (χ0n) is 11.0. The molecule has 0 spiro atoms. The van der Waals surface area contributed by atoms with Gasteiger partial charge in [0.25, 0.3) is 0 Å². The Labute approximate surface area is 118 Å². The van der Waals surface area contributed by atoms with Crippen molar-refractivity contribution in [2.24, 2.45) is 0 Å². The van der Waals surface area contributed by atoms with E-state index in [0.717, 1.165) is 36.5 Å². The second-order valence-corrected chi connectivity index (χ2v) is 5.98. The third-order valence-corrected chi connectivity index (χ3v) is 4.10. The lowest BCUT2D eigenvalue weighted by Gasteiger charge is -2.18. The van der Waals surface area contributed by atoms with Crippen molar-refractivity contribution in [2.45, 2.75) is 32.7 Å². The van der Waals surface area contributed by atoms with Gasteiger partial charge in [-0.05, 0) is 48.9 Å². The van der Waals surface area contributed by atoms with E-state index in [9.17, 15) is 4.39 Å². The van der Waals surface area contributed by atoms with Crippen molar-refractivity contribution in [3.8, 4) is 0 Å². The Morgan fingerprint density at radius 1 is 1.39 bits per heavy atom. The number of hydrogen-bond acceptors (Lipinski definition) is 2. The van der Waals surface area contributed by atoms with Crippen molar-refractivity contribution >= 4 is 23.4 Å². The summed E-state index contributed by atoms with van der Waals surface area (Å²) in [4.78, 5) is 0. The first-order valence-electron chi connectivity index (χ1n) is 6.42. The van der Waals surface area contributed by atoms with E-state index in [1.165, 1.54) is 6.07 Å². The molecule has 1 aromatic carbocycles. The number of rotatable bonds is 8. The standard InChI is InChI=1S/C14H21ClFNS/c1-3-7-17-13(10-18-4-2)9-11-8-12(16)5-6-14(11)15/h5-6,8,13,17H,3-4,7,9-10H2,1-2H3. The first-order chi connectivity index (χ1) is 8.67. The Hall–Kier alpha value is -0.250. The molecule has 0 aliphatic rings. The van der Waals surface area contributed by atoms with Crippen LogP contribution in [0.3, 0.4) is 0 Å². The zero-order chi connectivity index (χ0) is 13.4. The third-order valence-electron chi connectivity index (χ3n) is 2.68. The highest BCUT2D eigenvalue weighted by Crippen LogP contribution is 2.19. The van der Waals surface area contributed by atoms with Gasteiger partial charge >= 0.3 is 0 Å². The van der Waals surface area contributed by atoms with Crippen molar-refractivity contribution in [2.75, 3.05) is 18.1 Å². The molecule has 1 unspecified atom stereocenters. The van der Waals surface area contributed by atoms with E-state index in [2.05, 4.69) is 19.2 Å². The summed E-state index contributed by atoms with van der Waals surface area (Å²) in [6.07, 6.45) is 1.88. The molecule has 0 aliphatic carbocycles. The van der Waals surface area contributed by atoms with Gasteiger partial charge in [0, 0.05) is 16.8 Å². The average Bonchev–Trinajstić information content (AvgIpc) is 2.37. The maximum Gasteiger partial charge on any atom is 0.123 e. The van der Waals surface area contributed by atoms with Gasteiger partial charge in [-0.1, -0.05) is 25.4 Å². The highest BCUT2D eigenvalue weighted by atomic mass is 35.5. The van der Waals surface area contributed by atoms with Crippen LogP contribution in [0, 0.1) is 5.82 Å². The Morgan fingerprint density at radius 2 is 2.17 bits per heavy atom. The smallest absolute Gasteiger partial charge is 0.123 e. The van der Waals surface area contributed by atoms with Crippen LogP contribution in [0.15, 0.2) is 18.2 Å². The normalized spacial score (nSPS) is 12.7. The van der Waals surface area contributed by atoms with E-state index in [0.29, 0.717) is 11.1 Å². The van der Waals surface area contributed by atoms with Gasteiger partial charge in [0.05, 0.1) is 0 Å². The van der Waals surface area contributed by atoms with Gasteiger partial charge in [-0.2, -0.15) is 11.8 Å². The summed E-state index contributed by atoms with van der Waals surface area (Å²) < 4.78 is 13.2. The topological polar surface area (TPSA) is 12.0 Å². The van der Waals surface area contributed by atoms with Crippen molar-refractivity contribution in [1.29, 1.82) is 0 Å². The Bertz CT molecular complexity index is 352. The second kappa shape index (κ2) is 8.78. The molecule has 1 rings (SSSR count). The van der Waals surface area contributed by atoms with E-state index in [-0.39, 0.29) is 5.82 Å². The fourth-order valence-corrected chi connectivity index (χ4v) is 2.71. The first kappa shape index (κ1) is 15.8. The maximum absolute atomic E-state index is 13.2. The molecular weight excluding hydrogens is 269 g/mol. The van der Waals surface area contributed by atoms with Gasteiger partial charge in [-0.25, -0.2) is 4.39 Å². The Morgan fingerprint density at radius 3 is 2.83 bits per heavy atom. The molecule has 0 fully saturated rings. The quantitative estimate of drug-likeness (QED) is 0.772. The molecule has 1 N–H and O–H groups in total. The zero-order valence-corrected chi connectivity index (χ0v) is 12.6. The van der Waals surface area contributed by atoms with Crippen LogP contribution in [0.5, 0.6) is 0 Å². The van der Waals surface area contributed by atoms with Gasteiger partial charge in [0.1, 0.15) is 5.82 Å². The predicted octanol–water partition coefficient (Wildman–Crippen LogP) is 4.14. The van der Waals surface area contributed by atoms with Crippen molar-refractivity contribution in [3.63, 3.8) is 0 Å². The van der Waals surface area contributed by atoms with E-state index < -0.39 is 0 Å². The minimum atomic E-state index is -0.216. The fourth-order valence-electron chi connectivity index (χ4n) is 1.76. The number of hydrogen-bond donors (Lipinski definition) is 1. The summed E-state index contributed by atoms with van der Waals surface area (Å²) in [5, 5.41) is 4.15. The summed E-state index contributed by atoms with van der Waals surface area (Å²) in [5.74, 6) is 1.91. The van der Waals surface area contributed by atoms with Crippen LogP contribution in [-0.2, 0) is 6.42 Å². The van der Waals surface area contributed by atoms with Gasteiger partial charge < -0.3 is 5.32 Å². The van der Waals surface area contributed by atoms with Crippen LogP contribution < -0.4 is 5.32 Å². The van der Waals surface area contributed by atoms with Crippen molar-refractivity contribution in [3.05, 3.63) is 34.6 Å². The van der Waals surface area contributed by atoms with Gasteiger partial charge in [0.2, 0.25) is 0 Å². The molecule has 1 atom stereocenters. The summed E-state index contributed by atoms with van der Waals surface area (Å²) in [7, 11) is 0. The van der Waals surface area contributed by atoms with Crippen LogP contribution in [0.2, 0.25) is 5.02 Å². The average molecular weight is 290 g/mol. The highest BCUT2D eigenvalue weighted by molar-refractivity contribution is 7.99. The van der Waals surface area contributed by atoms with Crippen LogP contribution in [0.25, 0.3) is 0 Å². The summed E-state index contributed by atoms with van der Waals surface area (Å²) >= 11 is 8.00. The summed E-state index contributed by atoms with van der Waals surface area (Å²) in [6.45, 7) is 5.28. The van der Waals surface area contributed by atoms with E-state index >= 15 is 0 Å². The minimum absolute atomic E-state index is 0.216. The van der Waals surface area contributed by atoms with Gasteiger partial charge in [0.15, 0.2) is 0 Å². The van der Waals surface area contributed by atoms with E-state index in [1.807, 2.05) is 11.8 Å². The molecule has 1 aromatic rings. The molecule has 0 amide bonds. The van der Waals surface area contributed by atoms with Gasteiger partial charge in [-0.3, -0.25) is 0 Å². The SMILES string of the molecule is CCCNC(CSCC)Cc1cc(F)ccc1Cl. The first-order valence-corrected chi connectivity index (χ1v) is 7.95. The van der Waals surface area contributed by atoms with Crippen molar-refractivity contribution < 1.29 is 4.39 Å². The predicted molar refractivity (Wildman–Crippen MR) is 80.2 cm³/mol. The van der Waals surface area contributed by atoms with Crippen LogP contribution >= 0.6 is 23.4 Å².